The highest BCUT2D eigenvalue weighted by Crippen LogP contribution is 2.39. The van der Waals surface area contributed by atoms with E-state index in [-0.39, 0.29) is 19.0 Å². The van der Waals surface area contributed by atoms with Crippen LogP contribution in [0.25, 0.3) is 0 Å². The zero-order valence-corrected chi connectivity index (χ0v) is 23.0. The first kappa shape index (κ1) is 28.9. The molecular weight excluding hydrogens is 480 g/mol. The predicted molar refractivity (Wildman–Crippen MR) is 137 cm³/mol. The van der Waals surface area contributed by atoms with Gasteiger partial charge in [0.15, 0.2) is 6.79 Å². The van der Waals surface area contributed by atoms with Gasteiger partial charge in [-0.05, 0) is 78.9 Å². The Bertz CT molecular complexity index is 1070. The van der Waals surface area contributed by atoms with Gasteiger partial charge in [0.05, 0.1) is 17.4 Å². The molecule has 0 N–H and O–H groups in total. The topological polar surface area (TPSA) is 85.3 Å². The maximum absolute atomic E-state index is 13.4. The zero-order chi connectivity index (χ0) is 27.4. The second-order valence-electron chi connectivity index (χ2n) is 11.0. The number of pyridine rings is 1. The number of carbonyl (C=O) groups is 1. The minimum atomic E-state index is -0.729. The summed E-state index contributed by atoms with van der Waals surface area (Å²) in [6.45, 7) is 13.4. The molecule has 1 fully saturated rings. The lowest BCUT2D eigenvalue weighted by Crippen LogP contribution is -2.41. The van der Waals surface area contributed by atoms with Gasteiger partial charge < -0.3 is 28.3 Å². The first-order valence-electron chi connectivity index (χ1n) is 12.3. The van der Waals surface area contributed by atoms with Crippen molar-refractivity contribution in [2.75, 3.05) is 13.9 Å². The van der Waals surface area contributed by atoms with Crippen LogP contribution < -0.4 is 9.47 Å². The van der Waals surface area contributed by atoms with Gasteiger partial charge in [-0.15, -0.1) is 0 Å². The van der Waals surface area contributed by atoms with Crippen LogP contribution in [0.3, 0.4) is 0 Å². The number of methoxy groups -OCH3 is 1. The molecular formula is C27H37BFNO7. The molecule has 8 nitrogen and oxygen atoms in total. The molecule has 0 saturated carbocycles. The molecule has 0 radical (unpaired) electrons. The van der Waals surface area contributed by atoms with Gasteiger partial charge in [-0.25, -0.2) is 9.78 Å². The van der Waals surface area contributed by atoms with Crippen molar-refractivity contribution >= 4 is 13.1 Å². The summed E-state index contributed by atoms with van der Waals surface area (Å²) in [6, 6.07) is 6.36. The molecule has 0 aliphatic carbocycles. The molecule has 0 atom stereocenters. The quantitative estimate of drug-likeness (QED) is 0.180. The van der Waals surface area contributed by atoms with Crippen molar-refractivity contribution in [3.05, 3.63) is 53.1 Å². The monoisotopic (exact) mass is 517 g/mol. The van der Waals surface area contributed by atoms with Gasteiger partial charge in [-0.2, -0.15) is 4.39 Å². The van der Waals surface area contributed by atoms with E-state index in [1.165, 1.54) is 25.4 Å². The minimum absolute atomic E-state index is 0.0166. The Hall–Kier alpha value is -2.69. The van der Waals surface area contributed by atoms with Crippen molar-refractivity contribution in [3.63, 3.8) is 0 Å². The number of aromatic nitrogens is 1. The number of benzene rings is 1. The molecule has 1 saturated heterocycles. The molecule has 2 heterocycles. The Kier molecular flexibility index (Phi) is 8.87. The lowest BCUT2D eigenvalue weighted by molar-refractivity contribution is 0.00519. The zero-order valence-electron chi connectivity index (χ0n) is 23.0. The fourth-order valence-corrected chi connectivity index (χ4v) is 3.78. The van der Waals surface area contributed by atoms with E-state index in [2.05, 4.69) is 4.98 Å². The summed E-state index contributed by atoms with van der Waals surface area (Å²) in [5.41, 5.74) is -0.0406. The lowest BCUT2D eigenvalue weighted by atomic mass is 9.81. The summed E-state index contributed by atoms with van der Waals surface area (Å²) >= 11 is 0. The summed E-state index contributed by atoms with van der Waals surface area (Å²) < 4.78 is 48.1. The number of carbonyl (C=O) groups excluding carboxylic acids is 1. The molecule has 1 aromatic carbocycles. The Balaban J connectivity index is 1.93. The van der Waals surface area contributed by atoms with Crippen molar-refractivity contribution in [3.8, 4) is 11.5 Å². The Labute approximate surface area is 218 Å². The summed E-state index contributed by atoms with van der Waals surface area (Å²) in [5, 5.41) is 0. The molecule has 0 bridgehead atoms. The van der Waals surface area contributed by atoms with Crippen LogP contribution in [-0.2, 0) is 31.8 Å². The van der Waals surface area contributed by atoms with Gasteiger partial charge in [0, 0.05) is 12.7 Å². The minimum Gasteiger partial charge on any atom is -0.487 e. The smallest absolute Gasteiger partial charge is 0.458 e. The van der Waals surface area contributed by atoms with Crippen molar-refractivity contribution < 1.29 is 37.4 Å². The average molecular weight is 517 g/mol. The number of nitrogens with zero attached hydrogens (tertiary/aromatic N) is 1. The maximum Gasteiger partial charge on any atom is 0.458 e. The number of halogens is 1. The van der Waals surface area contributed by atoms with Gasteiger partial charge in [0.1, 0.15) is 29.3 Å². The number of rotatable bonds is 10. The molecule has 1 aromatic heterocycles. The third-order valence-corrected chi connectivity index (χ3v) is 6.30. The van der Waals surface area contributed by atoms with Crippen LogP contribution in [0.2, 0.25) is 6.32 Å². The third kappa shape index (κ3) is 7.43. The normalized spacial score (nSPS) is 16.5. The van der Waals surface area contributed by atoms with E-state index in [0.717, 1.165) is 5.56 Å². The fourth-order valence-electron chi connectivity index (χ4n) is 3.78. The van der Waals surface area contributed by atoms with Crippen molar-refractivity contribution in [2.45, 2.75) is 84.6 Å². The lowest BCUT2D eigenvalue weighted by Gasteiger charge is -2.32. The Morgan fingerprint density at radius 3 is 2.24 bits per heavy atom. The van der Waals surface area contributed by atoms with Crippen molar-refractivity contribution in [2.24, 2.45) is 0 Å². The second-order valence-corrected chi connectivity index (χ2v) is 11.0. The van der Waals surface area contributed by atoms with E-state index in [4.69, 9.17) is 28.3 Å². The van der Waals surface area contributed by atoms with Crippen LogP contribution in [0.5, 0.6) is 11.5 Å². The highest BCUT2D eigenvalue weighted by atomic mass is 19.1. The highest BCUT2D eigenvalue weighted by Gasteiger charge is 2.50. The summed E-state index contributed by atoms with van der Waals surface area (Å²) in [6.07, 6.45) is 2.36. The molecule has 2 aromatic rings. The molecule has 37 heavy (non-hydrogen) atoms. The molecule has 1 aliphatic heterocycles. The number of ether oxygens (including phenoxy) is 4. The number of esters is 1. The summed E-state index contributed by atoms with van der Waals surface area (Å²) in [4.78, 5) is 17.0. The van der Waals surface area contributed by atoms with Gasteiger partial charge in [-0.3, -0.25) is 0 Å². The van der Waals surface area contributed by atoms with E-state index < -0.39 is 35.8 Å². The number of aryl methyl sites for hydroxylation is 1. The van der Waals surface area contributed by atoms with E-state index >= 15 is 0 Å². The molecule has 0 unspecified atom stereocenters. The SMILES string of the molecule is COCOc1c(CCB2OC(C)(C)C(C)(C)O2)ccc(COc2ccc(F)nc2)c1C(=O)OC(C)(C)C. The van der Waals surface area contributed by atoms with Crippen LogP contribution in [-0.4, -0.2) is 48.8 Å². The fraction of sp³-hybridized carbons (Fsp3) is 0.556. The van der Waals surface area contributed by atoms with Gasteiger partial charge in [-0.1, -0.05) is 12.1 Å². The van der Waals surface area contributed by atoms with E-state index in [1.807, 2.05) is 33.8 Å². The first-order valence-corrected chi connectivity index (χ1v) is 12.3. The molecule has 3 rings (SSSR count). The molecule has 202 valence electrons. The number of hydrogen-bond donors (Lipinski definition) is 0. The standard InChI is InChI=1S/C27H37BFNO7/c1-25(2,3)35-24(31)22-19(16-33-20-11-12-21(29)30-15-20)10-9-18(23(22)34-17-32-8)13-14-28-36-26(4,5)27(6,7)37-28/h9-12,15H,13-14,16-17H2,1-8H3. The molecule has 10 heteroatoms. The summed E-state index contributed by atoms with van der Waals surface area (Å²) in [5.74, 6) is -0.443. The van der Waals surface area contributed by atoms with Crippen LogP contribution in [0.15, 0.2) is 30.5 Å². The second kappa shape index (κ2) is 11.4. The average Bonchev–Trinajstić information content (AvgIpc) is 3.00. The Morgan fingerprint density at radius 2 is 1.68 bits per heavy atom. The van der Waals surface area contributed by atoms with E-state index in [9.17, 15) is 9.18 Å². The molecule has 0 amide bonds. The van der Waals surface area contributed by atoms with Crippen LogP contribution in [0.1, 0.15) is 70.0 Å². The van der Waals surface area contributed by atoms with Gasteiger partial charge in [0.25, 0.3) is 0 Å². The highest BCUT2D eigenvalue weighted by molar-refractivity contribution is 6.45. The first-order chi connectivity index (χ1) is 17.2. The molecule has 0 spiro atoms. The summed E-state index contributed by atoms with van der Waals surface area (Å²) in [7, 11) is 1.10. The van der Waals surface area contributed by atoms with Crippen LogP contribution in [0.4, 0.5) is 4.39 Å². The van der Waals surface area contributed by atoms with E-state index in [1.54, 1.807) is 26.8 Å². The van der Waals surface area contributed by atoms with Gasteiger partial charge in [0.2, 0.25) is 5.95 Å². The third-order valence-electron chi connectivity index (χ3n) is 6.30. The van der Waals surface area contributed by atoms with Crippen molar-refractivity contribution in [1.82, 2.24) is 4.98 Å². The largest absolute Gasteiger partial charge is 0.487 e. The maximum atomic E-state index is 13.4. The number of hydrogen-bond acceptors (Lipinski definition) is 8. The van der Waals surface area contributed by atoms with E-state index in [0.29, 0.717) is 29.8 Å². The molecule has 1 aliphatic rings. The van der Waals surface area contributed by atoms with Gasteiger partial charge >= 0.3 is 13.1 Å². The Morgan fingerprint density at radius 1 is 1.03 bits per heavy atom. The predicted octanol–water partition coefficient (Wildman–Crippen LogP) is 5.37. The van der Waals surface area contributed by atoms with Crippen molar-refractivity contribution in [1.29, 1.82) is 0 Å². The van der Waals surface area contributed by atoms with Crippen LogP contribution >= 0.6 is 0 Å². The van der Waals surface area contributed by atoms with Crippen LogP contribution in [0, 0.1) is 5.95 Å².